The van der Waals surface area contributed by atoms with Gasteiger partial charge in [-0.05, 0) is 38.6 Å². The Morgan fingerprint density at radius 1 is 1.35 bits per heavy atom. The van der Waals surface area contributed by atoms with E-state index in [0.29, 0.717) is 6.61 Å². The van der Waals surface area contributed by atoms with Gasteiger partial charge in [-0.2, -0.15) is 0 Å². The summed E-state index contributed by atoms with van der Waals surface area (Å²) in [7, 11) is 3.31. The summed E-state index contributed by atoms with van der Waals surface area (Å²) in [4.78, 5) is 0. The van der Waals surface area contributed by atoms with Crippen LogP contribution in [0.25, 0.3) is 0 Å². The van der Waals surface area contributed by atoms with Crippen molar-refractivity contribution < 1.29 is 13.9 Å². The molecule has 1 aromatic rings. The fraction of sp³-hybridized carbons (Fsp3) is 0.538. The number of nitrogens with one attached hydrogen (secondary N) is 1. The molecule has 96 valence electrons. The van der Waals surface area contributed by atoms with Gasteiger partial charge in [0.1, 0.15) is 0 Å². The van der Waals surface area contributed by atoms with Crippen molar-refractivity contribution in [3.8, 4) is 5.75 Å². The molecular weight excluding hydrogens is 221 g/mol. The molecule has 0 aliphatic heterocycles. The Labute approximate surface area is 102 Å². The second-order valence-corrected chi connectivity index (χ2v) is 4.12. The van der Waals surface area contributed by atoms with Gasteiger partial charge >= 0.3 is 0 Å². The number of hydrogen-bond donors (Lipinski definition) is 1. The highest BCUT2D eigenvalue weighted by molar-refractivity contribution is 5.32. The van der Waals surface area contributed by atoms with Gasteiger partial charge in [-0.15, -0.1) is 0 Å². The van der Waals surface area contributed by atoms with Gasteiger partial charge in [-0.3, -0.25) is 0 Å². The van der Waals surface area contributed by atoms with Crippen molar-refractivity contribution in [1.82, 2.24) is 5.32 Å². The van der Waals surface area contributed by atoms with Crippen molar-refractivity contribution >= 4 is 0 Å². The molecule has 3 nitrogen and oxygen atoms in total. The van der Waals surface area contributed by atoms with Crippen molar-refractivity contribution in [2.24, 2.45) is 0 Å². The zero-order chi connectivity index (χ0) is 12.8. The molecule has 0 bridgehead atoms. The van der Waals surface area contributed by atoms with Gasteiger partial charge in [0.25, 0.3) is 0 Å². The zero-order valence-corrected chi connectivity index (χ0v) is 10.8. The molecule has 0 amide bonds. The number of benzene rings is 1. The quantitative estimate of drug-likeness (QED) is 0.830. The standard InChI is InChI=1S/C13H20FNO2/c1-9(2)17-8-12(15-3)10-5-6-11(14)13(7-10)16-4/h5-7,9,12,15H,8H2,1-4H3. The van der Waals surface area contributed by atoms with Crippen LogP contribution in [0.3, 0.4) is 0 Å². The third kappa shape index (κ3) is 3.98. The molecule has 0 spiro atoms. The summed E-state index contributed by atoms with van der Waals surface area (Å²) in [6.45, 7) is 4.51. The summed E-state index contributed by atoms with van der Waals surface area (Å²) in [5.41, 5.74) is 0.950. The van der Waals surface area contributed by atoms with Crippen LogP contribution in [0.4, 0.5) is 4.39 Å². The van der Waals surface area contributed by atoms with Crippen LogP contribution >= 0.6 is 0 Å². The number of likely N-dealkylation sites (N-methyl/N-ethyl adjacent to an activating group) is 1. The van der Waals surface area contributed by atoms with E-state index in [9.17, 15) is 4.39 Å². The summed E-state index contributed by atoms with van der Waals surface area (Å²) >= 11 is 0. The average Bonchev–Trinajstić information content (AvgIpc) is 2.31. The van der Waals surface area contributed by atoms with Crippen molar-refractivity contribution in [2.75, 3.05) is 20.8 Å². The van der Waals surface area contributed by atoms with Gasteiger partial charge in [0.2, 0.25) is 0 Å². The van der Waals surface area contributed by atoms with Crippen LogP contribution in [0.2, 0.25) is 0 Å². The van der Waals surface area contributed by atoms with E-state index in [-0.39, 0.29) is 23.7 Å². The lowest BCUT2D eigenvalue weighted by atomic mass is 10.1. The van der Waals surface area contributed by atoms with Crippen molar-refractivity contribution in [3.05, 3.63) is 29.6 Å². The molecule has 0 fully saturated rings. The van der Waals surface area contributed by atoms with Crippen LogP contribution in [0.15, 0.2) is 18.2 Å². The summed E-state index contributed by atoms with van der Waals surface area (Å²) in [6, 6.07) is 4.88. The molecule has 0 aromatic heterocycles. The maximum atomic E-state index is 13.3. The van der Waals surface area contributed by atoms with Gasteiger partial charge in [0.15, 0.2) is 11.6 Å². The summed E-state index contributed by atoms with van der Waals surface area (Å²) in [6.07, 6.45) is 0.174. The second kappa shape index (κ2) is 6.57. The first-order valence-electron chi connectivity index (χ1n) is 5.70. The number of ether oxygens (including phenoxy) is 2. The Morgan fingerprint density at radius 3 is 2.59 bits per heavy atom. The summed E-state index contributed by atoms with van der Waals surface area (Å²) in [5, 5.41) is 3.14. The Morgan fingerprint density at radius 2 is 2.06 bits per heavy atom. The largest absolute Gasteiger partial charge is 0.494 e. The van der Waals surface area contributed by atoms with Crippen LogP contribution in [0.1, 0.15) is 25.5 Å². The fourth-order valence-electron chi connectivity index (χ4n) is 1.53. The minimum atomic E-state index is -0.351. The second-order valence-electron chi connectivity index (χ2n) is 4.12. The molecule has 4 heteroatoms. The van der Waals surface area contributed by atoms with Crippen LogP contribution in [0, 0.1) is 5.82 Å². The molecule has 0 heterocycles. The molecule has 1 atom stereocenters. The third-order valence-electron chi connectivity index (χ3n) is 2.52. The fourth-order valence-corrected chi connectivity index (χ4v) is 1.53. The minimum absolute atomic E-state index is 0.0342. The van der Waals surface area contributed by atoms with Crippen molar-refractivity contribution in [1.29, 1.82) is 0 Å². The van der Waals surface area contributed by atoms with Crippen LogP contribution < -0.4 is 10.1 Å². The maximum absolute atomic E-state index is 13.3. The molecule has 1 aromatic carbocycles. The molecule has 0 aliphatic carbocycles. The highest BCUT2D eigenvalue weighted by Crippen LogP contribution is 2.22. The van der Waals surface area contributed by atoms with Gasteiger partial charge in [-0.25, -0.2) is 4.39 Å². The molecule has 1 N–H and O–H groups in total. The molecule has 1 rings (SSSR count). The summed E-state index contributed by atoms with van der Waals surface area (Å²) < 4.78 is 23.8. The number of rotatable bonds is 6. The molecule has 0 saturated carbocycles. The number of halogens is 1. The predicted octanol–water partition coefficient (Wildman–Crippen LogP) is 2.52. The van der Waals surface area contributed by atoms with E-state index < -0.39 is 0 Å². The van der Waals surface area contributed by atoms with Crippen LogP contribution in [-0.4, -0.2) is 26.9 Å². The first-order valence-corrected chi connectivity index (χ1v) is 5.70. The van der Waals surface area contributed by atoms with E-state index in [0.717, 1.165) is 5.56 Å². The maximum Gasteiger partial charge on any atom is 0.165 e. The average molecular weight is 241 g/mol. The lowest BCUT2D eigenvalue weighted by Crippen LogP contribution is -2.23. The monoisotopic (exact) mass is 241 g/mol. The number of methoxy groups -OCH3 is 1. The molecule has 0 saturated heterocycles. The topological polar surface area (TPSA) is 30.5 Å². The Kier molecular flexibility index (Phi) is 5.38. The first kappa shape index (κ1) is 13.9. The van der Waals surface area contributed by atoms with E-state index in [1.165, 1.54) is 13.2 Å². The van der Waals surface area contributed by atoms with Gasteiger partial charge in [-0.1, -0.05) is 6.07 Å². The van der Waals surface area contributed by atoms with Crippen LogP contribution in [-0.2, 0) is 4.74 Å². The van der Waals surface area contributed by atoms with Crippen LogP contribution in [0.5, 0.6) is 5.75 Å². The van der Waals surface area contributed by atoms with Crippen molar-refractivity contribution in [3.63, 3.8) is 0 Å². The Balaban J connectivity index is 2.80. The smallest absolute Gasteiger partial charge is 0.165 e. The minimum Gasteiger partial charge on any atom is -0.494 e. The zero-order valence-electron chi connectivity index (χ0n) is 10.8. The first-order chi connectivity index (χ1) is 8.08. The van der Waals surface area contributed by atoms with Crippen molar-refractivity contribution in [2.45, 2.75) is 26.0 Å². The molecule has 1 unspecified atom stereocenters. The highest BCUT2D eigenvalue weighted by atomic mass is 19.1. The van der Waals surface area contributed by atoms with E-state index >= 15 is 0 Å². The lowest BCUT2D eigenvalue weighted by molar-refractivity contribution is 0.0625. The Hall–Kier alpha value is -1.13. The highest BCUT2D eigenvalue weighted by Gasteiger charge is 2.13. The normalized spacial score (nSPS) is 12.8. The molecule has 17 heavy (non-hydrogen) atoms. The number of hydrogen-bond acceptors (Lipinski definition) is 3. The van der Waals surface area contributed by atoms with E-state index in [1.807, 2.05) is 20.9 Å². The van der Waals surface area contributed by atoms with Gasteiger partial charge in [0.05, 0.1) is 25.9 Å². The van der Waals surface area contributed by atoms with E-state index in [1.54, 1.807) is 12.1 Å². The molecule has 0 radical (unpaired) electrons. The molecular formula is C13H20FNO2. The van der Waals surface area contributed by atoms with E-state index in [2.05, 4.69) is 5.32 Å². The lowest BCUT2D eigenvalue weighted by Gasteiger charge is -2.19. The summed E-state index contributed by atoms with van der Waals surface area (Å²) in [5.74, 6) is -0.0943. The third-order valence-corrected chi connectivity index (χ3v) is 2.52. The molecule has 0 aliphatic rings. The van der Waals surface area contributed by atoms with E-state index in [4.69, 9.17) is 9.47 Å². The Bertz CT molecular complexity index is 355. The predicted molar refractivity (Wildman–Crippen MR) is 65.8 cm³/mol. The van der Waals surface area contributed by atoms with Gasteiger partial charge in [0, 0.05) is 0 Å². The van der Waals surface area contributed by atoms with Gasteiger partial charge < -0.3 is 14.8 Å². The SMILES string of the molecule is CNC(COC(C)C)c1ccc(F)c(OC)c1.